The van der Waals surface area contributed by atoms with E-state index < -0.39 is 0 Å². The Labute approximate surface area is 137 Å². The molecule has 0 aromatic carbocycles. The topological polar surface area (TPSA) is 60.5 Å². The number of methoxy groups -OCH3 is 1. The molecule has 6 nitrogen and oxygen atoms in total. The van der Waals surface area contributed by atoms with E-state index in [4.69, 9.17) is 9.15 Å². The lowest BCUT2D eigenvalue weighted by molar-refractivity contribution is 0.0714. The van der Waals surface area contributed by atoms with Crippen LogP contribution in [0.3, 0.4) is 0 Å². The van der Waals surface area contributed by atoms with Crippen molar-refractivity contribution < 1.29 is 13.9 Å². The standard InChI is InChI=1S/C16H17N3O3S/c1-18-10-14(15(17-18)21-2)16(20)19(8-12-5-7-23-11-12)9-13-4-3-6-22-13/h3-7,10-11H,8-9H2,1-2H3. The van der Waals surface area contributed by atoms with Crippen LogP contribution < -0.4 is 4.74 Å². The minimum absolute atomic E-state index is 0.141. The molecule has 3 heterocycles. The van der Waals surface area contributed by atoms with Gasteiger partial charge in [0.05, 0.1) is 19.9 Å². The molecular weight excluding hydrogens is 314 g/mol. The molecule has 0 radical (unpaired) electrons. The summed E-state index contributed by atoms with van der Waals surface area (Å²) >= 11 is 1.61. The lowest BCUT2D eigenvalue weighted by Crippen LogP contribution is -2.30. The normalized spacial score (nSPS) is 10.7. The Morgan fingerprint density at radius 3 is 2.96 bits per heavy atom. The Hall–Kier alpha value is -2.54. The Bertz CT molecular complexity index is 726. The average Bonchev–Trinajstić information content (AvgIpc) is 3.27. The van der Waals surface area contributed by atoms with Crippen molar-refractivity contribution in [1.29, 1.82) is 0 Å². The van der Waals surface area contributed by atoms with Crippen LogP contribution in [0.4, 0.5) is 0 Å². The van der Waals surface area contributed by atoms with Crippen molar-refractivity contribution in [1.82, 2.24) is 14.7 Å². The van der Waals surface area contributed by atoms with Gasteiger partial charge in [0.15, 0.2) is 0 Å². The maximum Gasteiger partial charge on any atom is 0.261 e. The van der Waals surface area contributed by atoms with E-state index in [9.17, 15) is 4.79 Å². The summed E-state index contributed by atoms with van der Waals surface area (Å²) in [6, 6.07) is 5.68. The second-order valence-electron chi connectivity index (χ2n) is 5.10. The molecule has 23 heavy (non-hydrogen) atoms. The minimum Gasteiger partial charge on any atom is -0.479 e. The molecule has 7 heteroatoms. The third-order valence-corrected chi connectivity index (χ3v) is 4.12. The molecular formula is C16H17N3O3S. The highest BCUT2D eigenvalue weighted by Crippen LogP contribution is 2.21. The average molecular weight is 331 g/mol. The van der Waals surface area contributed by atoms with Gasteiger partial charge in [0.1, 0.15) is 11.3 Å². The van der Waals surface area contributed by atoms with E-state index in [1.807, 2.05) is 29.0 Å². The lowest BCUT2D eigenvalue weighted by atomic mass is 10.2. The van der Waals surface area contributed by atoms with E-state index in [0.717, 1.165) is 11.3 Å². The van der Waals surface area contributed by atoms with Crippen LogP contribution in [0.5, 0.6) is 5.88 Å². The van der Waals surface area contributed by atoms with Crippen molar-refractivity contribution >= 4 is 17.2 Å². The van der Waals surface area contributed by atoms with Gasteiger partial charge in [-0.25, -0.2) is 0 Å². The van der Waals surface area contributed by atoms with Crippen molar-refractivity contribution in [3.8, 4) is 5.88 Å². The van der Waals surface area contributed by atoms with Gasteiger partial charge in [0, 0.05) is 19.8 Å². The largest absolute Gasteiger partial charge is 0.479 e. The number of nitrogens with zero attached hydrogens (tertiary/aromatic N) is 3. The molecule has 3 rings (SSSR count). The highest BCUT2D eigenvalue weighted by molar-refractivity contribution is 7.07. The molecule has 0 aliphatic heterocycles. The van der Waals surface area contributed by atoms with E-state index >= 15 is 0 Å². The van der Waals surface area contributed by atoms with Gasteiger partial charge in [-0.1, -0.05) is 0 Å². The molecule has 0 bridgehead atoms. The number of hydrogen-bond donors (Lipinski definition) is 0. The van der Waals surface area contributed by atoms with Crippen molar-refractivity contribution in [2.75, 3.05) is 7.11 Å². The molecule has 0 atom stereocenters. The number of carbonyl (C=O) groups is 1. The summed E-state index contributed by atoms with van der Waals surface area (Å²) in [6.07, 6.45) is 3.27. The number of aryl methyl sites for hydroxylation is 1. The number of ether oxygens (including phenoxy) is 1. The van der Waals surface area contributed by atoms with Gasteiger partial charge in [-0.3, -0.25) is 9.48 Å². The number of thiophene rings is 1. The predicted molar refractivity (Wildman–Crippen MR) is 86.4 cm³/mol. The smallest absolute Gasteiger partial charge is 0.261 e. The number of rotatable bonds is 6. The maximum absolute atomic E-state index is 12.9. The van der Waals surface area contributed by atoms with Crippen LogP contribution >= 0.6 is 11.3 Å². The van der Waals surface area contributed by atoms with Crippen molar-refractivity contribution in [3.05, 3.63) is 58.3 Å². The summed E-state index contributed by atoms with van der Waals surface area (Å²) < 4.78 is 12.2. The molecule has 3 aromatic rings. The Balaban J connectivity index is 1.88. The Kier molecular flexibility index (Phi) is 4.47. The SMILES string of the molecule is COc1nn(C)cc1C(=O)N(Cc1ccsc1)Cc1ccco1. The number of furan rings is 1. The monoisotopic (exact) mass is 331 g/mol. The van der Waals surface area contributed by atoms with Gasteiger partial charge < -0.3 is 14.1 Å². The highest BCUT2D eigenvalue weighted by Gasteiger charge is 2.23. The first-order valence-corrected chi connectivity index (χ1v) is 8.02. The fourth-order valence-electron chi connectivity index (χ4n) is 2.33. The molecule has 0 aliphatic carbocycles. The number of amides is 1. The first kappa shape index (κ1) is 15.4. The molecule has 0 saturated heterocycles. The van der Waals surface area contributed by atoms with Gasteiger partial charge in [-0.05, 0) is 34.5 Å². The van der Waals surface area contributed by atoms with Crippen LogP contribution in [0.15, 0.2) is 45.8 Å². The lowest BCUT2D eigenvalue weighted by Gasteiger charge is -2.21. The molecule has 0 unspecified atom stereocenters. The summed E-state index contributed by atoms with van der Waals surface area (Å²) in [5, 5.41) is 8.18. The third-order valence-electron chi connectivity index (χ3n) is 3.39. The molecule has 0 spiro atoms. The highest BCUT2D eigenvalue weighted by atomic mass is 32.1. The zero-order valence-corrected chi connectivity index (χ0v) is 13.7. The fraction of sp³-hybridized carbons (Fsp3) is 0.250. The van der Waals surface area contributed by atoms with E-state index in [-0.39, 0.29) is 5.91 Å². The predicted octanol–water partition coefficient (Wildman–Crippen LogP) is 2.93. The zero-order valence-electron chi connectivity index (χ0n) is 12.9. The number of hydrogen-bond acceptors (Lipinski definition) is 5. The van der Waals surface area contributed by atoms with Crippen LogP contribution in [0.1, 0.15) is 21.7 Å². The summed E-state index contributed by atoms with van der Waals surface area (Å²) in [6.45, 7) is 0.890. The van der Waals surface area contributed by atoms with Crippen molar-refractivity contribution in [2.45, 2.75) is 13.1 Å². The Morgan fingerprint density at radius 2 is 2.30 bits per heavy atom. The van der Waals surface area contributed by atoms with Gasteiger partial charge in [0.2, 0.25) is 5.88 Å². The Morgan fingerprint density at radius 1 is 1.43 bits per heavy atom. The van der Waals surface area contributed by atoms with Crippen molar-refractivity contribution in [3.63, 3.8) is 0 Å². The van der Waals surface area contributed by atoms with Crippen LogP contribution in [0, 0.1) is 0 Å². The molecule has 3 aromatic heterocycles. The van der Waals surface area contributed by atoms with Crippen LogP contribution in [0.25, 0.3) is 0 Å². The van der Waals surface area contributed by atoms with Crippen LogP contribution in [-0.4, -0.2) is 27.7 Å². The van der Waals surface area contributed by atoms with E-state index in [2.05, 4.69) is 5.10 Å². The summed E-state index contributed by atoms with van der Waals surface area (Å²) in [4.78, 5) is 14.7. The minimum atomic E-state index is -0.141. The van der Waals surface area contributed by atoms with Gasteiger partial charge >= 0.3 is 0 Å². The zero-order chi connectivity index (χ0) is 16.2. The van der Waals surface area contributed by atoms with E-state index in [1.54, 1.807) is 40.4 Å². The van der Waals surface area contributed by atoms with Crippen LogP contribution in [-0.2, 0) is 20.1 Å². The fourth-order valence-corrected chi connectivity index (χ4v) is 2.99. The summed E-state index contributed by atoms with van der Waals surface area (Å²) in [5.74, 6) is 0.918. The molecule has 0 saturated carbocycles. The van der Waals surface area contributed by atoms with Crippen molar-refractivity contribution in [2.24, 2.45) is 7.05 Å². The van der Waals surface area contributed by atoms with E-state index in [0.29, 0.717) is 24.5 Å². The van der Waals surface area contributed by atoms with E-state index in [1.165, 1.54) is 7.11 Å². The number of aromatic nitrogens is 2. The summed E-state index contributed by atoms with van der Waals surface area (Å²) in [5.41, 5.74) is 1.52. The molecule has 0 fully saturated rings. The van der Waals surface area contributed by atoms with Gasteiger partial charge in [0.25, 0.3) is 5.91 Å². The quantitative estimate of drug-likeness (QED) is 0.697. The first-order chi connectivity index (χ1) is 11.2. The van der Waals surface area contributed by atoms with Crippen LogP contribution in [0.2, 0.25) is 0 Å². The third kappa shape index (κ3) is 3.45. The molecule has 0 aliphatic rings. The molecule has 120 valence electrons. The molecule has 0 N–H and O–H groups in total. The second-order valence-corrected chi connectivity index (χ2v) is 5.88. The molecule has 1 amide bonds. The second kappa shape index (κ2) is 6.70. The first-order valence-electron chi connectivity index (χ1n) is 7.07. The number of carbonyl (C=O) groups excluding carboxylic acids is 1. The van der Waals surface area contributed by atoms with Gasteiger partial charge in [-0.15, -0.1) is 5.10 Å². The summed E-state index contributed by atoms with van der Waals surface area (Å²) in [7, 11) is 3.27. The van der Waals surface area contributed by atoms with Gasteiger partial charge in [-0.2, -0.15) is 11.3 Å². The maximum atomic E-state index is 12.9.